The second kappa shape index (κ2) is 13.6. The van der Waals surface area contributed by atoms with Crippen LogP contribution in [0.1, 0.15) is 22.3 Å². The molecule has 0 radical (unpaired) electrons. The second-order valence-corrected chi connectivity index (χ2v) is 15.5. The normalized spacial score (nSPS) is 12.9. The Morgan fingerprint density at radius 3 is 1.60 bits per heavy atom. The molecule has 2 heterocycles. The van der Waals surface area contributed by atoms with Crippen molar-refractivity contribution in [2.45, 2.75) is 5.41 Å². The van der Waals surface area contributed by atoms with E-state index in [-0.39, 0.29) is 0 Å². The molecule has 0 bridgehead atoms. The van der Waals surface area contributed by atoms with Crippen molar-refractivity contribution in [1.82, 2.24) is 15.0 Å². The highest BCUT2D eigenvalue weighted by atomic mass is 16.5. The summed E-state index contributed by atoms with van der Waals surface area (Å²) in [5.74, 6) is 3.65. The summed E-state index contributed by atoms with van der Waals surface area (Å²) in [6.45, 7) is 0. The first kappa shape index (κ1) is 34.1. The van der Waals surface area contributed by atoms with E-state index in [1.165, 1.54) is 38.8 Å². The molecule has 0 saturated carbocycles. The van der Waals surface area contributed by atoms with Crippen molar-refractivity contribution >= 4 is 10.8 Å². The topological polar surface area (TPSA) is 47.9 Å². The monoisotopic (exact) mass is 765 g/mol. The van der Waals surface area contributed by atoms with Crippen molar-refractivity contribution in [3.63, 3.8) is 0 Å². The Balaban J connectivity index is 1.01. The van der Waals surface area contributed by atoms with Crippen LogP contribution in [0.25, 0.3) is 78.3 Å². The quantitative estimate of drug-likeness (QED) is 0.169. The minimum atomic E-state index is -0.531. The van der Waals surface area contributed by atoms with Crippen LogP contribution < -0.4 is 4.74 Å². The van der Waals surface area contributed by atoms with Gasteiger partial charge in [0.2, 0.25) is 0 Å². The van der Waals surface area contributed by atoms with Crippen LogP contribution in [0.2, 0.25) is 0 Å². The van der Waals surface area contributed by atoms with Gasteiger partial charge in [-0.1, -0.05) is 194 Å². The summed E-state index contributed by atoms with van der Waals surface area (Å²) in [5, 5.41) is 2.33. The van der Waals surface area contributed by atoms with Crippen molar-refractivity contribution in [2.24, 2.45) is 0 Å². The standard InChI is InChI=1S/C56H35N3O/c1-4-15-38(16-5-1)53-57-54(39-31-29-36(30-32-39)40-33-34-49-46(35-40)43-24-12-17-37-18-13-28-50(60-49)51(37)43)59-55(58-53)45-25-14-27-48-52(45)44-23-10-11-26-47(44)56(48,41-19-6-2-7-20-41)42-21-8-3-9-22-42/h1-35H. The third kappa shape index (κ3) is 5.21. The summed E-state index contributed by atoms with van der Waals surface area (Å²) in [6, 6.07) is 75.0. The Morgan fingerprint density at radius 2 is 0.867 bits per heavy atom. The average molecular weight is 766 g/mol. The first-order valence-corrected chi connectivity index (χ1v) is 20.4. The number of ether oxygens (including phenoxy) is 1. The lowest BCUT2D eigenvalue weighted by atomic mass is 9.67. The summed E-state index contributed by atoms with van der Waals surface area (Å²) in [5.41, 5.74) is 14.0. The van der Waals surface area contributed by atoms with Gasteiger partial charge in [-0.25, -0.2) is 15.0 Å². The van der Waals surface area contributed by atoms with E-state index in [1.54, 1.807) is 0 Å². The van der Waals surface area contributed by atoms with Crippen LogP contribution in [0, 0.1) is 0 Å². The largest absolute Gasteiger partial charge is 0.456 e. The van der Waals surface area contributed by atoms with Crippen molar-refractivity contribution in [2.75, 3.05) is 0 Å². The van der Waals surface area contributed by atoms with Crippen LogP contribution in [0.4, 0.5) is 0 Å². The van der Waals surface area contributed by atoms with E-state index in [1.807, 2.05) is 24.3 Å². The van der Waals surface area contributed by atoms with Gasteiger partial charge in [-0.15, -0.1) is 0 Å². The molecule has 1 aliphatic carbocycles. The Kier molecular flexibility index (Phi) is 7.72. The lowest BCUT2D eigenvalue weighted by Crippen LogP contribution is -2.28. The number of hydrogen-bond donors (Lipinski definition) is 0. The van der Waals surface area contributed by atoms with Gasteiger partial charge in [-0.05, 0) is 73.7 Å². The number of rotatable bonds is 6. The van der Waals surface area contributed by atoms with Gasteiger partial charge in [0.25, 0.3) is 0 Å². The molecule has 9 aromatic carbocycles. The van der Waals surface area contributed by atoms with Gasteiger partial charge in [-0.3, -0.25) is 0 Å². The first-order valence-electron chi connectivity index (χ1n) is 20.4. The molecule has 1 aliphatic heterocycles. The average Bonchev–Trinajstić information content (AvgIpc) is 3.64. The van der Waals surface area contributed by atoms with E-state index < -0.39 is 5.41 Å². The van der Waals surface area contributed by atoms with Crippen molar-refractivity contribution < 1.29 is 4.74 Å². The minimum absolute atomic E-state index is 0.531. The van der Waals surface area contributed by atoms with Crippen LogP contribution in [0.5, 0.6) is 11.5 Å². The Bertz CT molecular complexity index is 3230. The SMILES string of the molecule is c1ccc(-c2nc(-c3ccc(-c4ccc5c(c4)-c4cccc6cccc(c46)O5)cc3)nc(-c3cccc4c3-c3ccccc3C4(c3ccccc3)c3ccccc3)n2)cc1. The van der Waals surface area contributed by atoms with Crippen molar-refractivity contribution in [3.05, 3.63) is 235 Å². The molecular formula is C56H35N3O. The van der Waals surface area contributed by atoms with Crippen molar-refractivity contribution in [1.29, 1.82) is 0 Å². The van der Waals surface area contributed by atoms with Gasteiger partial charge in [0.1, 0.15) is 11.5 Å². The zero-order valence-corrected chi connectivity index (χ0v) is 32.5. The molecule has 10 aromatic rings. The molecule has 0 unspecified atom stereocenters. The molecular weight excluding hydrogens is 731 g/mol. The van der Waals surface area contributed by atoms with E-state index >= 15 is 0 Å². The smallest absolute Gasteiger partial charge is 0.164 e. The highest BCUT2D eigenvalue weighted by molar-refractivity contribution is 6.04. The van der Waals surface area contributed by atoms with Crippen LogP contribution >= 0.6 is 0 Å². The maximum atomic E-state index is 6.39. The summed E-state index contributed by atoms with van der Waals surface area (Å²) >= 11 is 0. The number of benzene rings is 9. The molecule has 0 atom stereocenters. The highest BCUT2D eigenvalue weighted by Crippen LogP contribution is 2.58. The molecule has 1 aromatic heterocycles. The van der Waals surface area contributed by atoms with Gasteiger partial charge in [-0.2, -0.15) is 0 Å². The number of fused-ring (bicyclic) bond motifs is 5. The van der Waals surface area contributed by atoms with Crippen molar-refractivity contribution in [3.8, 4) is 79.0 Å². The molecule has 60 heavy (non-hydrogen) atoms. The van der Waals surface area contributed by atoms with Gasteiger partial charge < -0.3 is 4.74 Å². The third-order valence-electron chi connectivity index (χ3n) is 12.2. The second-order valence-electron chi connectivity index (χ2n) is 15.5. The summed E-state index contributed by atoms with van der Waals surface area (Å²) in [7, 11) is 0. The van der Waals surface area contributed by atoms with Gasteiger partial charge in [0.15, 0.2) is 17.5 Å². The molecule has 4 heteroatoms. The van der Waals surface area contributed by atoms with E-state index in [0.717, 1.165) is 55.8 Å². The molecule has 0 fully saturated rings. The summed E-state index contributed by atoms with van der Waals surface area (Å²) in [4.78, 5) is 15.7. The molecule has 12 rings (SSSR count). The highest BCUT2D eigenvalue weighted by Gasteiger charge is 2.47. The lowest BCUT2D eigenvalue weighted by Gasteiger charge is -2.33. The fraction of sp³-hybridized carbons (Fsp3) is 0.0179. The van der Waals surface area contributed by atoms with E-state index in [0.29, 0.717) is 17.5 Å². The molecule has 0 N–H and O–H groups in total. The molecule has 0 spiro atoms. The molecule has 0 saturated heterocycles. The Labute approximate surface area is 348 Å². The number of aromatic nitrogens is 3. The van der Waals surface area contributed by atoms with Crippen LogP contribution in [-0.2, 0) is 5.41 Å². The predicted molar refractivity (Wildman–Crippen MR) is 242 cm³/mol. The predicted octanol–water partition coefficient (Wildman–Crippen LogP) is 13.8. The van der Waals surface area contributed by atoms with E-state index in [4.69, 9.17) is 19.7 Å². The maximum Gasteiger partial charge on any atom is 0.164 e. The van der Waals surface area contributed by atoms with Crippen LogP contribution in [0.15, 0.2) is 212 Å². The van der Waals surface area contributed by atoms with Gasteiger partial charge in [0.05, 0.1) is 5.41 Å². The van der Waals surface area contributed by atoms with E-state index in [9.17, 15) is 0 Å². The Hall–Kier alpha value is -7.95. The van der Waals surface area contributed by atoms with Crippen LogP contribution in [-0.4, -0.2) is 15.0 Å². The lowest BCUT2D eigenvalue weighted by molar-refractivity contribution is 0.487. The third-order valence-corrected chi connectivity index (χ3v) is 12.2. The van der Waals surface area contributed by atoms with Gasteiger partial charge >= 0.3 is 0 Å². The zero-order valence-electron chi connectivity index (χ0n) is 32.5. The summed E-state index contributed by atoms with van der Waals surface area (Å²) in [6.07, 6.45) is 0. The fourth-order valence-corrected chi connectivity index (χ4v) is 9.58. The Morgan fingerprint density at radius 1 is 0.333 bits per heavy atom. The fourth-order valence-electron chi connectivity index (χ4n) is 9.58. The summed E-state index contributed by atoms with van der Waals surface area (Å²) < 4.78 is 6.39. The maximum absolute atomic E-state index is 6.39. The zero-order chi connectivity index (χ0) is 39.6. The van der Waals surface area contributed by atoms with E-state index in [2.05, 4.69) is 188 Å². The molecule has 2 aliphatic rings. The molecule has 0 amide bonds. The number of hydrogen-bond acceptors (Lipinski definition) is 4. The van der Waals surface area contributed by atoms with Gasteiger partial charge in [0, 0.05) is 27.6 Å². The molecule has 280 valence electrons. The van der Waals surface area contributed by atoms with Crippen LogP contribution in [0.3, 0.4) is 0 Å². The first-order chi connectivity index (χ1) is 29.7. The number of nitrogens with zero attached hydrogens (tertiary/aromatic N) is 3. The molecule has 4 nitrogen and oxygen atoms in total. The minimum Gasteiger partial charge on any atom is -0.456 e.